The number of hydrogen-bond donors (Lipinski definition) is 2. The lowest BCUT2D eigenvalue weighted by Gasteiger charge is -2.13. The third-order valence-electron chi connectivity index (χ3n) is 4.61. The summed E-state index contributed by atoms with van der Waals surface area (Å²) in [6.07, 6.45) is 3.12. The van der Waals surface area contributed by atoms with Crippen LogP contribution < -0.4 is 10.6 Å². The zero-order valence-corrected chi connectivity index (χ0v) is 20.3. The van der Waals surface area contributed by atoms with Gasteiger partial charge in [-0.2, -0.15) is 0 Å². The van der Waals surface area contributed by atoms with Gasteiger partial charge in [-0.3, -0.25) is 0 Å². The van der Waals surface area contributed by atoms with E-state index in [0.717, 1.165) is 71.3 Å². The molecule has 2 N–H and O–H groups in total. The average molecular weight is 519 g/mol. The predicted molar refractivity (Wildman–Crippen MR) is 129 cm³/mol. The first-order chi connectivity index (χ1) is 13.8. The largest absolute Gasteiger partial charge is 0.381 e. The highest BCUT2D eigenvalue weighted by Gasteiger charge is 2.15. The Morgan fingerprint density at radius 2 is 1.97 bits per heavy atom. The maximum absolute atomic E-state index is 5.76. The molecule has 1 fully saturated rings. The third kappa shape index (κ3) is 11.2. The molecule has 1 atom stereocenters. The van der Waals surface area contributed by atoms with Gasteiger partial charge in [-0.1, -0.05) is 31.2 Å². The molecule has 1 heterocycles. The molecule has 0 saturated carbocycles. The van der Waals surface area contributed by atoms with Crippen LogP contribution in [0.2, 0.25) is 0 Å². The van der Waals surface area contributed by atoms with Crippen LogP contribution in [-0.2, 0) is 27.4 Å². The number of halogens is 1. The van der Waals surface area contributed by atoms with Gasteiger partial charge in [0.1, 0.15) is 0 Å². The second kappa shape index (κ2) is 16.8. The summed E-state index contributed by atoms with van der Waals surface area (Å²) in [5, 5.41) is 6.70. The molecule has 2 rings (SSSR count). The lowest BCUT2D eigenvalue weighted by molar-refractivity contribution is 0.0888. The molecule has 0 aromatic heterocycles. The highest BCUT2D eigenvalue weighted by Crippen LogP contribution is 2.13. The molecular formula is C22H38IN3O3. The molecule has 1 aliphatic heterocycles. The fraction of sp³-hybridized carbons (Fsp3) is 0.682. The van der Waals surface area contributed by atoms with Crippen molar-refractivity contribution in [3.05, 3.63) is 35.4 Å². The molecule has 1 unspecified atom stereocenters. The van der Waals surface area contributed by atoms with Crippen molar-refractivity contribution in [3.63, 3.8) is 0 Å². The SMILES string of the molecule is CCCOCc1ccccc1CN=C(NCC)NCCCOCC1CCOC1.I. The number of guanidine groups is 1. The van der Waals surface area contributed by atoms with Crippen LogP contribution in [0, 0.1) is 5.92 Å². The summed E-state index contributed by atoms with van der Waals surface area (Å²) in [6, 6.07) is 8.35. The Balaban J connectivity index is 0.00000420. The lowest BCUT2D eigenvalue weighted by Crippen LogP contribution is -2.38. The van der Waals surface area contributed by atoms with Crippen molar-refractivity contribution in [1.29, 1.82) is 0 Å². The third-order valence-corrected chi connectivity index (χ3v) is 4.61. The Labute approximate surface area is 193 Å². The van der Waals surface area contributed by atoms with Gasteiger partial charge in [-0.25, -0.2) is 4.99 Å². The predicted octanol–water partition coefficient (Wildman–Crippen LogP) is 3.73. The fourth-order valence-electron chi connectivity index (χ4n) is 3.03. The van der Waals surface area contributed by atoms with Gasteiger partial charge in [0.05, 0.1) is 26.4 Å². The van der Waals surface area contributed by atoms with Crippen LogP contribution in [-0.4, -0.2) is 52.1 Å². The van der Waals surface area contributed by atoms with Crippen molar-refractivity contribution in [2.24, 2.45) is 10.9 Å². The lowest BCUT2D eigenvalue weighted by atomic mass is 10.1. The van der Waals surface area contributed by atoms with Crippen LogP contribution in [0.1, 0.15) is 44.2 Å². The molecule has 1 saturated heterocycles. The van der Waals surface area contributed by atoms with Gasteiger partial charge in [0.2, 0.25) is 0 Å². The highest BCUT2D eigenvalue weighted by atomic mass is 127. The standard InChI is InChI=1S/C22H37N3O3.HI/c1-3-12-26-18-21-9-6-5-8-20(21)15-25-22(23-4-2)24-11-7-13-27-16-19-10-14-28-17-19;/h5-6,8-9,19H,3-4,7,10-18H2,1-2H3,(H2,23,24,25);1H. The zero-order chi connectivity index (χ0) is 19.9. The van der Waals surface area contributed by atoms with Gasteiger partial charge >= 0.3 is 0 Å². The molecule has 0 bridgehead atoms. The number of benzene rings is 1. The highest BCUT2D eigenvalue weighted by molar-refractivity contribution is 14.0. The minimum Gasteiger partial charge on any atom is -0.381 e. The Morgan fingerprint density at radius 3 is 2.69 bits per heavy atom. The number of nitrogens with zero attached hydrogens (tertiary/aromatic N) is 1. The van der Waals surface area contributed by atoms with Crippen molar-refractivity contribution in [1.82, 2.24) is 10.6 Å². The summed E-state index contributed by atoms with van der Waals surface area (Å²) >= 11 is 0. The van der Waals surface area contributed by atoms with Crippen LogP contribution in [0.5, 0.6) is 0 Å². The normalized spacial score (nSPS) is 16.5. The smallest absolute Gasteiger partial charge is 0.191 e. The van der Waals surface area contributed by atoms with Gasteiger partial charge in [-0.15, -0.1) is 24.0 Å². The first kappa shape index (κ1) is 26.1. The molecule has 166 valence electrons. The first-order valence-corrected chi connectivity index (χ1v) is 10.7. The Bertz CT molecular complexity index is 566. The summed E-state index contributed by atoms with van der Waals surface area (Å²) in [7, 11) is 0. The molecule has 0 amide bonds. The molecule has 7 heteroatoms. The van der Waals surface area contributed by atoms with Crippen molar-refractivity contribution in [2.75, 3.05) is 46.1 Å². The van der Waals surface area contributed by atoms with Crippen LogP contribution in [0.15, 0.2) is 29.3 Å². The average Bonchev–Trinajstić information content (AvgIpc) is 3.23. The van der Waals surface area contributed by atoms with Crippen molar-refractivity contribution >= 4 is 29.9 Å². The van der Waals surface area contributed by atoms with Crippen LogP contribution in [0.3, 0.4) is 0 Å². The molecular weight excluding hydrogens is 481 g/mol. The van der Waals surface area contributed by atoms with Crippen LogP contribution in [0.25, 0.3) is 0 Å². The van der Waals surface area contributed by atoms with E-state index in [1.54, 1.807) is 0 Å². The summed E-state index contributed by atoms with van der Waals surface area (Å²) in [6.45, 7) is 11.3. The first-order valence-electron chi connectivity index (χ1n) is 10.7. The summed E-state index contributed by atoms with van der Waals surface area (Å²) in [4.78, 5) is 4.73. The molecule has 0 spiro atoms. The van der Waals surface area contributed by atoms with E-state index in [1.165, 1.54) is 11.1 Å². The fourth-order valence-corrected chi connectivity index (χ4v) is 3.03. The van der Waals surface area contributed by atoms with E-state index in [4.69, 9.17) is 19.2 Å². The number of aliphatic imine (C=N–C) groups is 1. The van der Waals surface area contributed by atoms with E-state index in [0.29, 0.717) is 19.1 Å². The maximum Gasteiger partial charge on any atom is 0.191 e. The van der Waals surface area contributed by atoms with E-state index in [2.05, 4.69) is 48.7 Å². The minimum absolute atomic E-state index is 0. The van der Waals surface area contributed by atoms with E-state index in [-0.39, 0.29) is 24.0 Å². The van der Waals surface area contributed by atoms with Crippen LogP contribution >= 0.6 is 24.0 Å². The van der Waals surface area contributed by atoms with E-state index in [1.807, 2.05) is 0 Å². The molecule has 0 aliphatic carbocycles. The molecule has 1 aromatic rings. The monoisotopic (exact) mass is 519 g/mol. The summed E-state index contributed by atoms with van der Waals surface area (Å²) in [5.74, 6) is 1.42. The topological polar surface area (TPSA) is 64.1 Å². The van der Waals surface area contributed by atoms with Gasteiger partial charge in [0.25, 0.3) is 0 Å². The zero-order valence-electron chi connectivity index (χ0n) is 18.0. The minimum atomic E-state index is 0. The van der Waals surface area contributed by atoms with Crippen LogP contribution in [0.4, 0.5) is 0 Å². The maximum atomic E-state index is 5.76. The van der Waals surface area contributed by atoms with Crippen molar-refractivity contribution in [3.8, 4) is 0 Å². The number of ether oxygens (including phenoxy) is 3. The van der Waals surface area contributed by atoms with E-state index >= 15 is 0 Å². The summed E-state index contributed by atoms with van der Waals surface area (Å²) in [5.41, 5.74) is 2.41. The Kier molecular flexibility index (Phi) is 15.2. The molecule has 29 heavy (non-hydrogen) atoms. The molecule has 6 nitrogen and oxygen atoms in total. The van der Waals surface area contributed by atoms with Gasteiger partial charge in [0.15, 0.2) is 5.96 Å². The number of hydrogen-bond acceptors (Lipinski definition) is 4. The van der Waals surface area contributed by atoms with Crippen molar-refractivity contribution in [2.45, 2.75) is 46.3 Å². The second-order valence-electron chi connectivity index (χ2n) is 7.10. The van der Waals surface area contributed by atoms with Crippen molar-refractivity contribution < 1.29 is 14.2 Å². The number of rotatable bonds is 13. The molecule has 1 aliphatic rings. The summed E-state index contributed by atoms with van der Waals surface area (Å²) < 4.78 is 16.8. The quantitative estimate of drug-likeness (QED) is 0.180. The Morgan fingerprint density at radius 1 is 1.14 bits per heavy atom. The molecule has 1 aromatic carbocycles. The van der Waals surface area contributed by atoms with E-state index < -0.39 is 0 Å². The number of nitrogens with one attached hydrogen (secondary N) is 2. The van der Waals surface area contributed by atoms with E-state index in [9.17, 15) is 0 Å². The van der Waals surface area contributed by atoms with Gasteiger partial charge in [0, 0.05) is 38.8 Å². The second-order valence-corrected chi connectivity index (χ2v) is 7.10. The Hall–Kier alpha value is -0.900. The molecule has 0 radical (unpaired) electrons. The van der Waals surface area contributed by atoms with Gasteiger partial charge < -0.3 is 24.8 Å². The van der Waals surface area contributed by atoms with Gasteiger partial charge in [-0.05, 0) is 37.3 Å².